The van der Waals surface area contributed by atoms with Gasteiger partial charge in [0.05, 0.1) is 0 Å². The van der Waals surface area contributed by atoms with Gasteiger partial charge in [0.1, 0.15) is 11.6 Å². The summed E-state index contributed by atoms with van der Waals surface area (Å²) >= 11 is 0. The molecule has 4 rings (SSSR count). The largest absolute Gasteiger partial charge is 0.353 e. The normalized spacial score (nSPS) is 17.5. The number of aryl methyl sites for hydroxylation is 3. The van der Waals surface area contributed by atoms with Crippen molar-refractivity contribution < 1.29 is 0 Å². The van der Waals surface area contributed by atoms with Crippen LogP contribution in [-0.4, -0.2) is 46.1 Å². The molecule has 0 atom stereocenters. The second-order valence-corrected chi connectivity index (χ2v) is 6.35. The standard InChI is InChI=1S/C17H22N6/c1-12-6-7-18-17(19-12)23-10-8-22(9-11-23)16-14-4-3-5-15(14)20-13(2)21-16/h6-7H,3-5,8-11H2,1-2H3. The van der Waals surface area contributed by atoms with E-state index in [4.69, 9.17) is 4.98 Å². The van der Waals surface area contributed by atoms with Gasteiger partial charge >= 0.3 is 0 Å². The lowest BCUT2D eigenvalue weighted by molar-refractivity contribution is 0.630. The zero-order chi connectivity index (χ0) is 15.8. The van der Waals surface area contributed by atoms with E-state index in [-0.39, 0.29) is 0 Å². The van der Waals surface area contributed by atoms with Crippen molar-refractivity contribution in [1.29, 1.82) is 0 Å². The molecule has 23 heavy (non-hydrogen) atoms. The van der Waals surface area contributed by atoms with E-state index in [1.54, 1.807) is 0 Å². The summed E-state index contributed by atoms with van der Waals surface area (Å²) in [6.07, 6.45) is 5.26. The fourth-order valence-corrected chi connectivity index (χ4v) is 3.50. The van der Waals surface area contributed by atoms with Gasteiger partial charge in [0.15, 0.2) is 0 Å². The molecule has 0 radical (unpaired) electrons. The highest BCUT2D eigenvalue weighted by atomic mass is 15.3. The van der Waals surface area contributed by atoms with Gasteiger partial charge in [0.25, 0.3) is 0 Å². The molecule has 0 bridgehead atoms. The summed E-state index contributed by atoms with van der Waals surface area (Å²) in [7, 11) is 0. The average molecular weight is 310 g/mol. The first-order valence-corrected chi connectivity index (χ1v) is 8.36. The van der Waals surface area contributed by atoms with Crippen molar-refractivity contribution in [1.82, 2.24) is 19.9 Å². The smallest absolute Gasteiger partial charge is 0.225 e. The van der Waals surface area contributed by atoms with E-state index in [2.05, 4.69) is 24.8 Å². The lowest BCUT2D eigenvalue weighted by Gasteiger charge is -2.36. The third-order valence-electron chi connectivity index (χ3n) is 4.67. The maximum atomic E-state index is 4.75. The van der Waals surface area contributed by atoms with Gasteiger partial charge in [0.2, 0.25) is 5.95 Å². The minimum absolute atomic E-state index is 0.841. The monoisotopic (exact) mass is 310 g/mol. The van der Waals surface area contributed by atoms with Gasteiger partial charge in [-0.2, -0.15) is 0 Å². The molecule has 3 heterocycles. The van der Waals surface area contributed by atoms with Crippen LogP contribution >= 0.6 is 0 Å². The average Bonchev–Trinajstić information content (AvgIpc) is 3.02. The minimum atomic E-state index is 0.841. The Kier molecular flexibility index (Phi) is 3.59. The number of aromatic nitrogens is 4. The minimum Gasteiger partial charge on any atom is -0.353 e. The number of nitrogens with zero attached hydrogens (tertiary/aromatic N) is 6. The van der Waals surface area contributed by atoms with Gasteiger partial charge in [-0.05, 0) is 39.2 Å². The summed E-state index contributed by atoms with van der Waals surface area (Å²) in [5.74, 6) is 2.90. The second-order valence-electron chi connectivity index (χ2n) is 6.35. The Morgan fingerprint density at radius 1 is 0.913 bits per heavy atom. The summed E-state index contributed by atoms with van der Waals surface area (Å²) < 4.78 is 0. The molecule has 120 valence electrons. The van der Waals surface area contributed by atoms with Crippen molar-refractivity contribution >= 4 is 11.8 Å². The predicted molar refractivity (Wildman–Crippen MR) is 90.0 cm³/mol. The van der Waals surface area contributed by atoms with Crippen LogP contribution in [0.15, 0.2) is 12.3 Å². The molecule has 1 aliphatic heterocycles. The zero-order valence-electron chi connectivity index (χ0n) is 13.8. The third-order valence-corrected chi connectivity index (χ3v) is 4.67. The van der Waals surface area contributed by atoms with E-state index in [0.29, 0.717) is 0 Å². The molecule has 0 spiro atoms. The van der Waals surface area contributed by atoms with Crippen molar-refractivity contribution in [3.8, 4) is 0 Å². The van der Waals surface area contributed by atoms with Gasteiger partial charge in [-0.15, -0.1) is 0 Å². The number of hydrogen-bond donors (Lipinski definition) is 0. The highest BCUT2D eigenvalue weighted by Crippen LogP contribution is 2.29. The molecule has 6 heteroatoms. The number of anilines is 2. The summed E-state index contributed by atoms with van der Waals surface area (Å²) in [5, 5.41) is 0. The SMILES string of the molecule is Cc1ccnc(N2CCN(c3nc(C)nc4c3CCC4)CC2)n1. The van der Waals surface area contributed by atoms with E-state index in [9.17, 15) is 0 Å². The summed E-state index contributed by atoms with van der Waals surface area (Å²) in [5.41, 5.74) is 3.65. The highest BCUT2D eigenvalue weighted by molar-refractivity contribution is 5.52. The van der Waals surface area contributed by atoms with Crippen LogP contribution in [0, 0.1) is 13.8 Å². The van der Waals surface area contributed by atoms with Crippen LogP contribution in [0.5, 0.6) is 0 Å². The van der Waals surface area contributed by atoms with Crippen molar-refractivity contribution in [3.05, 3.63) is 35.0 Å². The quantitative estimate of drug-likeness (QED) is 0.841. The molecule has 2 aromatic rings. The Labute approximate surface area is 136 Å². The fourth-order valence-electron chi connectivity index (χ4n) is 3.50. The van der Waals surface area contributed by atoms with Crippen LogP contribution in [0.3, 0.4) is 0 Å². The van der Waals surface area contributed by atoms with Crippen LogP contribution in [0.4, 0.5) is 11.8 Å². The molecule has 2 aliphatic rings. The molecule has 1 saturated heterocycles. The van der Waals surface area contributed by atoms with E-state index < -0.39 is 0 Å². The summed E-state index contributed by atoms with van der Waals surface area (Å²) in [6, 6.07) is 1.94. The van der Waals surface area contributed by atoms with E-state index in [0.717, 1.165) is 62.3 Å². The lowest BCUT2D eigenvalue weighted by Crippen LogP contribution is -2.47. The molecule has 2 aromatic heterocycles. The third kappa shape index (κ3) is 2.73. The molecule has 1 fully saturated rings. The van der Waals surface area contributed by atoms with Crippen LogP contribution in [-0.2, 0) is 12.8 Å². The number of hydrogen-bond acceptors (Lipinski definition) is 6. The first kappa shape index (κ1) is 14.4. The summed E-state index contributed by atoms with van der Waals surface area (Å²) in [6.45, 7) is 7.79. The van der Waals surface area contributed by atoms with Gasteiger partial charge in [-0.3, -0.25) is 0 Å². The van der Waals surface area contributed by atoms with Gasteiger partial charge < -0.3 is 9.80 Å². The topological polar surface area (TPSA) is 58.0 Å². The van der Waals surface area contributed by atoms with Gasteiger partial charge in [-0.25, -0.2) is 19.9 Å². The maximum absolute atomic E-state index is 4.75. The highest BCUT2D eigenvalue weighted by Gasteiger charge is 2.25. The molecular weight excluding hydrogens is 288 g/mol. The predicted octanol–water partition coefficient (Wildman–Crippen LogP) is 1.70. The first-order valence-electron chi connectivity index (χ1n) is 8.36. The maximum Gasteiger partial charge on any atom is 0.225 e. The van der Waals surface area contributed by atoms with Gasteiger partial charge in [0, 0.05) is 49.3 Å². The number of rotatable bonds is 2. The van der Waals surface area contributed by atoms with E-state index >= 15 is 0 Å². The molecule has 1 aliphatic carbocycles. The van der Waals surface area contributed by atoms with Crippen molar-refractivity contribution in [2.45, 2.75) is 33.1 Å². The summed E-state index contributed by atoms with van der Waals surface area (Å²) in [4.78, 5) is 23.0. The van der Waals surface area contributed by atoms with Crippen molar-refractivity contribution in [2.75, 3.05) is 36.0 Å². The Morgan fingerprint density at radius 2 is 1.70 bits per heavy atom. The van der Waals surface area contributed by atoms with Crippen molar-refractivity contribution in [2.24, 2.45) is 0 Å². The lowest BCUT2D eigenvalue weighted by atomic mass is 10.2. The Morgan fingerprint density at radius 3 is 2.48 bits per heavy atom. The molecule has 0 N–H and O–H groups in total. The van der Waals surface area contributed by atoms with Crippen LogP contribution in [0.1, 0.15) is 29.2 Å². The fraction of sp³-hybridized carbons (Fsp3) is 0.529. The van der Waals surface area contributed by atoms with Crippen LogP contribution < -0.4 is 9.80 Å². The van der Waals surface area contributed by atoms with Crippen molar-refractivity contribution in [3.63, 3.8) is 0 Å². The molecule has 6 nitrogen and oxygen atoms in total. The van der Waals surface area contributed by atoms with Gasteiger partial charge in [-0.1, -0.05) is 0 Å². The number of piperazine rings is 1. The Hall–Kier alpha value is -2.24. The van der Waals surface area contributed by atoms with Crippen LogP contribution in [0.2, 0.25) is 0 Å². The zero-order valence-corrected chi connectivity index (χ0v) is 13.8. The van der Waals surface area contributed by atoms with E-state index in [1.807, 2.05) is 26.1 Å². The molecule has 0 saturated carbocycles. The molecule has 0 amide bonds. The molecular formula is C17H22N6. The first-order chi connectivity index (χ1) is 11.2. The number of fused-ring (bicyclic) bond motifs is 1. The Bertz CT molecular complexity index is 721. The second kappa shape index (κ2) is 5.76. The van der Waals surface area contributed by atoms with Crippen LogP contribution in [0.25, 0.3) is 0 Å². The van der Waals surface area contributed by atoms with E-state index in [1.165, 1.54) is 17.7 Å². The molecule has 0 unspecified atom stereocenters. The molecule has 0 aromatic carbocycles. The Balaban J connectivity index is 1.52.